The minimum atomic E-state index is -0.456. The van der Waals surface area contributed by atoms with Gasteiger partial charge >= 0.3 is 5.97 Å². The number of esters is 1. The SMILES string of the molecule is COC(=O)C(Br)CNC(=O)CCC1CCCC1. The van der Waals surface area contributed by atoms with Gasteiger partial charge in [-0.15, -0.1) is 0 Å². The molecular formula is C12H20BrNO3. The first-order valence-corrected chi connectivity index (χ1v) is 7.03. The van der Waals surface area contributed by atoms with Crippen molar-refractivity contribution in [3.05, 3.63) is 0 Å². The molecule has 1 N–H and O–H groups in total. The summed E-state index contributed by atoms with van der Waals surface area (Å²) >= 11 is 3.16. The Hall–Kier alpha value is -0.580. The molecule has 1 aliphatic rings. The average Bonchev–Trinajstić information content (AvgIpc) is 2.85. The van der Waals surface area contributed by atoms with E-state index in [9.17, 15) is 9.59 Å². The fourth-order valence-electron chi connectivity index (χ4n) is 2.14. The minimum absolute atomic E-state index is 0.0188. The van der Waals surface area contributed by atoms with Crippen LogP contribution in [0.5, 0.6) is 0 Å². The summed E-state index contributed by atoms with van der Waals surface area (Å²) in [7, 11) is 1.33. The van der Waals surface area contributed by atoms with E-state index in [4.69, 9.17) is 0 Å². The van der Waals surface area contributed by atoms with E-state index in [0.29, 0.717) is 6.42 Å². The number of hydrogen-bond acceptors (Lipinski definition) is 3. The van der Waals surface area contributed by atoms with Crippen LogP contribution in [0.4, 0.5) is 0 Å². The van der Waals surface area contributed by atoms with E-state index in [0.717, 1.165) is 12.3 Å². The maximum atomic E-state index is 11.5. The van der Waals surface area contributed by atoms with Gasteiger partial charge in [-0.05, 0) is 12.3 Å². The fraction of sp³-hybridized carbons (Fsp3) is 0.833. The summed E-state index contributed by atoms with van der Waals surface area (Å²) < 4.78 is 4.55. The van der Waals surface area contributed by atoms with Gasteiger partial charge in [-0.2, -0.15) is 0 Å². The van der Waals surface area contributed by atoms with Crippen molar-refractivity contribution in [3.8, 4) is 0 Å². The van der Waals surface area contributed by atoms with Crippen LogP contribution in [0.3, 0.4) is 0 Å². The molecule has 1 unspecified atom stereocenters. The second-order valence-electron chi connectivity index (χ2n) is 4.48. The van der Waals surface area contributed by atoms with Crippen molar-refractivity contribution >= 4 is 27.8 Å². The molecule has 98 valence electrons. The second kappa shape index (κ2) is 7.69. The van der Waals surface area contributed by atoms with Gasteiger partial charge in [-0.1, -0.05) is 41.6 Å². The smallest absolute Gasteiger partial charge is 0.321 e. The molecule has 0 saturated heterocycles. The molecule has 1 aliphatic carbocycles. The summed E-state index contributed by atoms with van der Waals surface area (Å²) in [6.45, 7) is 0.288. The van der Waals surface area contributed by atoms with Crippen molar-refractivity contribution < 1.29 is 14.3 Å². The van der Waals surface area contributed by atoms with Gasteiger partial charge in [0.1, 0.15) is 4.83 Å². The highest BCUT2D eigenvalue weighted by atomic mass is 79.9. The van der Waals surface area contributed by atoms with Gasteiger partial charge in [0.05, 0.1) is 7.11 Å². The summed E-state index contributed by atoms with van der Waals surface area (Å²) in [5.41, 5.74) is 0. The van der Waals surface area contributed by atoms with Gasteiger partial charge in [0.25, 0.3) is 0 Å². The molecule has 0 bridgehead atoms. The largest absolute Gasteiger partial charge is 0.468 e. The van der Waals surface area contributed by atoms with Gasteiger partial charge in [-0.25, -0.2) is 0 Å². The molecule has 0 aliphatic heterocycles. The number of alkyl halides is 1. The minimum Gasteiger partial charge on any atom is -0.468 e. The van der Waals surface area contributed by atoms with Crippen LogP contribution < -0.4 is 5.32 Å². The van der Waals surface area contributed by atoms with Gasteiger partial charge in [0.15, 0.2) is 0 Å². The molecule has 1 rings (SSSR count). The van der Waals surface area contributed by atoms with Crippen LogP contribution in [0.15, 0.2) is 0 Å². The zero-order chi connectivity index (χ0) is 12.7. The topological polar surface area (TPSA) is 55.4 Å². The summed E-state index contributed by atoms with van der Waals surface area (Å²) in [4.78, 5) is 22.1. The Morgan fingerprint density at radius 3 is 2.65 bits per heavy atom. The first kappa shape index (κ1) is 14.5. The number of methoxy groups -OCH3 is 1. The molecule has 1 amide bonds. The quantitative estimate of drug-likeness (QED) is 0.603. The molecule has 5 heteroatoms. The van der Waals surface area contributed by atoms with Crippen LogP contribution in [-0.4, -0.2) is 30.4 Å². The van der Waals surface area contributed by atoms with Crippen LogP contribution in [-0.2, 0) is 14.3 Å². The Kier molecular flexibility index (Phi) is 6.55. The third-order valence-corrected chi connectivity index (χ3v) is 3.89. The third-order valence-electron chi connectivity index (χ3n) is 3.19. The molecule has 1 fully saturated rings. The van der Waals surface area contributed by atoms with E-state index in [1.807, 2.05) is 0 Å². The molecular weight excluding hydrogens is 286 g/mol. The number of rotatable bonds is 6. The molecule has 4 nitrogen and oxygen atoms in total. The van der Waals surface area contributed by atoms with E-state index in [-0.39, 0.29) is 18.4 Å². The molecule has 1 atom stereocenters. The third kappa shape index (κ3) is 5.52. The van der Waals surface area contributed by atoms with E-state index in [1.54, 1.807) is 0 Å². The molecule has 0 aromatic carbocycles. The van der Waals surface area contributed by atoms with Crippen molar-refractivity contribution in [3.63, 3.8) is 0 Å². The van der Waals surface area contributed by atoms with Crippen LogP contribution in [0, 0.1) is 5.92 Å². The van der Waals surface area contributed by atoms with Gasteiger partial charge < -0.3 is 10.1 Å². The van der Waals surface area contributed by atoms with Crippen molar-refractivity contribution in [2.45, 2.75) is 43.4 Å². The normalized spacial score (nSPS) is 17.8. The van der Waals surface area contributed by atoms with Gasteiger partial charge in [0.2, 0.25) is 5.91 Å². The van der Waals surface area contributed by atoms with Crippen molar-refractivity contribution in [2.24, 2.45) is 5.92 Å². The Balaban J connectivity index is 2.10. The molecule has 0 spiro atoms. The molecule has 0 heterocycles. The van der Waals surface area contributed by atoms with E-state index in [2.05, 4.69) is 26.0 Å². The van der Waals surface area contributed by atoms with E-state index >= 15 is 0 Å². The first-order valence-electron chi connectivity index (χ1n) is 6.12. The molecule has 17 heavy (non-hydrogen) atoms. The standard InChI is InChI=1S/C12H20BrNO3/c1-17-12(16)10(13)8-14-11(15)7-6-9-4-2-3-5-9/h9-10H,2-8H2,1H3,(H,14,15). The number of carbonyl (C=O) groups is 2. The highest BCUT2D eigenvalue weighted by molar-refractivity contribution is 9.10. The summed E-state index contributed by atoms with van der Waals surface area (Å²) in [6.07, 6.45) is 6.66. The summed E-state index contributed by atoms with van der Waals surface area (Å²) in [5, 5.41) is 2.73. The number of carbonyl (C=O) groups excluding carboxylic acids is 2. The summed E-state index contributed by atoms with van der Waals surface area (Å²) in [6, 6.07) is 0. The maximum Gasteiger partial charge on any atom is 0.321 e. The molecule has 1 saturated carbocycles. The predicted molar refractivity (Wildman–Crippen MR) is 68.9 cm³/mol. The first-order chi connectivity index (χ1) is 8.13. The number of amides is 1. The fourth-order valence-corrected chi connectivity index (χ4v) is 2.49. The lowest BCUT2D eigenvalue weighted by Crippen LogP contribution is -2.33. The molecule has 0 radical (unpaired) electrons. The number of nitrogens with one attached hydrogen (secondary N) is 1. The van der Waals surface area contributed by atoms with E-state index < -0.39 is 4.83 Å². The predicted octanol–water partition coefficient (Wildman–Crippen LogP) is 2.01. The zero-order valence-corrected chi connectivity index (χ0v) is 11.8. The Labute approximate surface area is 111 Å². The molecule has 0 aromatic rings. The zero-order valence-electron chi connectivity index (χ0n) is 10.2. The monoisotopic (exact) mass is 305 g/mol. The average molecular weight is 306 g/mol. The number of ether oxygens (including phenoxy) is 1. The number of hydrogen-bond donors (Lipinski definition) is 1. The van der Waals surface area contributed by atoms with Crippen LogP contribution in [0.1, 0.15) is 38.5 Å². The Morgan fingerprint density at radius 2 is 2.06 bits per heavy atom. The maximum absolute atomic E-state index is 11.5. The van der Waals surface area contributed by atoms with Gasteiger partial charge in [-0.3, -0.25) is 9.59 Å². The Morgan fingerprint density at radius 1 is 1.41 bits per heavy atom. The Bertz CT molecular complexity index is 264. The van der Waals surface area contributed by atoms with Crippen LogP contribution in [0.25, 0.3) is 0 Å². The number of halogens is 1. The highest BCUT2D eigenvalue weighted by Gasteiger charge is 2.18. The van der Waals surface area contributed by atoms with Gasteiger partial charge in [0, 0.05) is 13.0 Å². The van der Waals surface area contributed by atoms with Crippen LogP contribution in [0.2, 0.25) is 0 Å². The van der Waals surface area contributed by atoms with Crippen molar-refractivity contribution in [1.82, 2.24) is 5.32 Å². The van der Waals surface area contributed by atoms with Crippen molar-refractivity contribution in [1.29, 1.82) is 0 Å². The lowest BCUT2D eigenvalue weighted by atomic mass is 10.0. The van der Waals surface area contributed by atoms with Crippen LogP contribution >= 0.6 is 15.9 Å². The second-order valence-corrected chi connectivity index (χ2v) is 5.59. The summed E-state index contributed by atoms with van der Waals surface area (Å²) in [5.74, 6) is 0.382. The lowest BCUT2D eigenvalue weighted by Gasteiger charge is -2.11. The van der Waals surface area contributed by atoms with Crippen molar-refractivity contribution in [2.75, 3.05) is 13.7 Å². The molecule has 0 aromatic heterocycles. The van der Waals surface area contributed by atoms with E-state index in [1.165, 1.54) is 32.8 Å². The highest BCUT2D eigenvalue weighted by Crippen LogP contribution is 2.28. The lowest BCUT2D eigenvalue weighted by molar-refractivity contribution is -0.139.